The summed E-state index contributed by atoms with van der Waals surface area (Å²) in [6.45, 7) is 0.390. The lowest BCUT2D eigenvalue weighted by molar-refractivity contribution is 0.0995. The van der Waals surface area contributed by atoms with Crippen molar-refractivity contribution < 1.29 is 27.8 Å². The highest BCUT2D eigenvalue weighted by Gasteiger charge is 2.32. The summed E-state index contributed by atoms with van der Waals surface area (Å²) in [6.07, 6.45) is -2.16. The van der Waals surface area contributed by atoms with Crippen molar-refractivity contribution in [3.05, 3.63) is 29.3 Å². The number of ether oxygens (including phenoxy) is 1. The van der Waals surface area contributed by atoms with Crippen LogP contribution in [0.15, 0.2) is 12.1 Å². The van der Waals surface area contributed by atoms with E-state index in [0.29, 0.717) is 0 Å². The Morgan fingerprint density at radius 2 is 1.95 bits per heavy atom. The summed E-state index contributed by atoms with van der Waals surface area (Å²) in [6, 6.07) is 2.36. The second kappa shape index (κ2) is 6.24. The molecule has 0 radical (unpaired) electrons. The van der Waals surface area contributed by atoms with Crippen LogP contribution in [0.2, 0.25) is 0 Å². The van der Waals surface area contributed by atoms with Crippen LogP contribution in [-0.2, 0) is 0 Å². The molecule has 4 nitrogen and oxygen atoms in total. The zero-order chi connectivity index (χ0) is 15.6. The highest BCUT2D eigenvalue weighted by molar-refractivity contribution is 5.65. The third kappa shape index (κ3) is 3.06. The largest absolute Gasteiger partial charge is 0.494 e. The van der Waals surface area contributed by atoms with Crippen molar-refractivity contribution >= 4 is 6.09 Å². The van der Waals surface area contributed by atoms with Gasteiger partial charge in [0.05, 0.1) is 7.11 Å². The van der Waals surface area contributed by atoms with Crippen LogP contribution >= 0.6 is 0 Å². The minimum absolute atomic E-state index is 0.195. The first-order valence-corrected chi connectivity index (χ1v) is 6.59. The van der Waals surface area contributed by atoms with Crippen molar-refractivity contribution in [2.75, 3.05) is 20.2 Å². The molecule has 1 aromatic rings. The van der Waals surface area contributed by atoms with Crippen LogP contribution in [0, 0.1) is 17.6 Å². The van der Waals surface area contributed by atoms with Gasteiger partial charge in [-0.1, -0.05) is 0 Å². The van der Waals surface area contributed by atoms with Crippen molar-refractivity contribution in [3.8, 4) is 5.75 Å². The average Bonchev–Trinajstić information content (AvgIpc) is 2.49. The number of hydrogen-bond donors (Lipinski definition) is 1. The molecular formula is C14H16F3NO3. The topological polar surface area (TPSA) is 49.8 Å². The summed E-state index contributed by atoms with van der Waals surface area (Å²) in [4.78, 5) is 12.0. The normalized spacial score (nSPS) is 17.6. The van der Waals surface area contributed by atoms with Crippen LogP contribution in [0.25, 0.3) is 0 Å². The van der Waals surface area contributed by atoms with Gasteiger partial charge in [0.15, 0.2) is 11.6 Å². The van der Waals surface area contributed by atoms with Crippen LogP contribution in [0.4, 0.5) is 18.0 Å². The number of rotatable bonds is 3. The Kier molecular flexibility index (Phi) is 4.59. The molecule has 7 heteroatoms. The smallest absolute Gasteiger partial charge is 0.407 e. The summed E-state index contributed by atoms with van der Waals surface area (Å²) >= 11 is 0. The molecule has 1 aliphatic heterocycles. The van der Waals surface area contributed by atoms with Gasteiger partial charge >= 0.3 is 6.09 Å². The average molecular weight is 303 g/mol. The van der Waals surface area contributed by atoms with E-state index in [9.17, 15) is 18.0 Å². The number of piperidine rings is 1. The van der Waals surface area contributed by atoms with Gasteiger partial charge in [0, 0.05) is 18.7 Å². The Bertz CT molecular complexity index is 530. The van der Waals surface area contributed by atoms with Gasteiger partial charge in [-0.3, -0.25) is 0 Å². The summed E-state index contributed by atoms with van der Waals surface area (Å²) in [5.41, 5.74) is -0.345. The quantitative estimate of drug-likeness (QED) is 0.931. The number of benzene rings is 1. The predicted molar refractivity (Wildman–Crippen MR) is 69.1 cm³/mol. The molecule has 1 amide bonds. The fourth-order valence-electron chi connectivity index (χ4n) is 2.55. The van der Waals surface area contributed by atoms with E-state index in [1.165, 1.54) is 24.1 Å². The summed E-state index contributed by atoms with van der Waals surface area (Å²) in [7, 11) is 1.20. The molecule has 1 aromatic carbocycles. The third-order valence-corrected chi connectivity index (χ3v) is 3.82. The fourth-order valence-corrected chi connectivity index (χ4v) is 2.55. The van der Waals surface area contributed by atoms with Crippen LogP contribution in [0.5, 0.6) is 5.75 Å². The maximum absolute atomic E-state index is 14.4. The molecule has 116 valence electrons. The SMILES string of the molecule is COc1ccc(C(F)C2CCN(C(=O)O)CC2)c(F)c1F. The molecule has 2 rings (SSSR count). The Hall–Kier alpha value is -1.92. The summed E-state index contributed by atoms with van der Waals surface area (Å²) in [5, 5.41) is 8.83. The Morgan fingerprint density at radius 3 is 2.48 bits per heavy atom. The number of nitrogens with zero attached hydrogens (tertiary/aromatic N) is 1. The van der Waals surface area contributed by atoms with Crippen molar-refractivity contribution in [2.24, 2.45) is 5.92 Å². The molecule has 0 aliphatic carbocycles. The van der Waals surface area contributed by atoms with Gasteiger partial charge in [-0.15, -0.1) is 0 Å². The number of methoxy groups -OCH3 is 1. The molecule has 1 unspecified atom stereocenters. The van der Waals surface area contributed by atoms with Gasteiger partial charge in [0.25, 0.3) is 0 Å². The minimum atomic E-state index is -1.67. The van der Waals surface area contributed by atoms with Crippen LogP contribution in [0.3, 0.4) is 0 Å². The number of halogens is 3. The van der Waals surface area contributed by atoms with Gasteiger partial charge in [-0.05, 0) is 30.9 Å². The van der Waals surface area contributed by atoms with Crippen molar-refractivity contribution in [3.63, 3.8) is 0 Å². The molecule has 1 aliphatic rings. The molecule has 0 saturated carbocycles. The Morgan fingerprint density at radius 1 is 1.33 bits per heavy atom. The van der Waals surface area contributed by atoms with Crippen molar-refractivity contribution in [2.45, 2.75) is 19.0 Å². The third-order valence-electron chi connectivity index (χ3n) is 3.82. The molecule has 1 N–H and O–H groups in total. The highest BCUT2D eigenvalue weighted by Crippen LogP contribution is 2.37. The fraction of sp³-hybridized carbons (Fsp3) is 0.500. The van der Waals surface area contributed by atoms with Gasteiger partial charge in [0.1, 0.15) is 6.17 Å². The maximum Gasteiger partial charge on any atom is 0.407 e. The van der Waals surface area contributed by atoms with Crippen molar-refractivity contribution in [1.29, 1.82) is 0 Å². The lowest BCUT2D eigenvalue weighted by Crippen LogP contribution is -2.38. The molecule has 0 bridgehead atoms. The molecule has 1 saturated heterocycles. The molecule has 0 spiro atoms. The second-order valence-corrected chi connectivity index (χ2v) is 4.99. The Balaban J connectivity index is 2.13. The zero-order valence-corrected chi connectivity index (χ0v) is 11.5. The van der Waals surface area contributed by atoms with Crippen LogP contribution in [-0.4, -0.2) is 36.3 Å². The van der Waals surface area contributed by atoms with Crippen molar-refractivity contribution in [1.82, 2.24) is 4.90 Å². The maximum atomic E-state index is 14.4. The molecule has 1 atom stereocenters. The van der Waals surface area contributed by atoms with Crippen LogP contribution in [0.1, 0.15) is 24.6 Å². The second-order valence-electron chi connectivity index (χ2n) is 4.99. The lowest BCUT2D eigenvalue weighted by atomic mass is 9.88. The van der Waals surface area contributed by atoms with Gasteiger partial charge in [-0.25, -0.2) is 13.6 Å². The zero-order valence-electron chi connectivity index (χ0n) is 11.5. The predicted octanol–water partition coefficient (Wildman–Crippen LogP) is 3.37. The molecule has 0 aromatic heterocycles. The first-order chi connectivity index (χ1) is 9.95. The van der Waals surface area contributed by atoms with E-state index >= 15 is 0 Å². The molecular weight excluding hydrogens is 287 g/mol. The number of carbonyl (C=O) groups is 1. The summed E-state index contributed by atoms with van der Waals surface area (Å²) < 4.78 is 46.5. The number of likely N-dealkylation sites (tertiary alicyclic amines) is 1. The molecule has 21 heavy (non-hydrogen) atoms. The van der Waals surface area contributed by atoms with Gasteiger partial charge < -0.3 is 14.7 Å². The van der Waals surface area contributed by atoms with E-state index in [1.807, 2.05) is 0 Å². The number of amides is 1. The van der Waals surface area contributed by atoms with E-state index in [2.05, 4.69) is 4.74 Å². The first-order valence-electron chi connectivity index (χ1n) is 6.59. The molecule has 1 heterocycles. The van der Waals surface area contributed by atoms with E-state index in [-0.39, 0.29) is 37.2 Å². The van der Waals surface area contributed by atoms with Gasteiger partial charge in [0.2, 0.25) is 5.82 Å². The monoisotopic (exact) mass is 303 g/mol. The number of hydrogen-bond acceptors (Lipinski definition) is 2. The van der Waals surface area contributed by atoms with E-state index in [1.54, 1.807) is 0 Å². The Labute approximate surface area is 120 Å². The summed E-state index contributed by atoms with van der Waals surface area (Å²) in [5.74, 6) is -3.25. The number of alkyl halides is 1. The van der Waals surface area contributed by atoms with Crippen LogP contribution < -0.4 is 4.74 Å². The van der Waals surface area contributed by atoms with Gasteiger partial charge in [-0.2, -0.15) is 4.39 Å². The van der Waals surface area contributed by atoms with E-state index in [4.69, 9.17) is 5.11 Å². The first kappa shape index (κ1) is 15.5. The molecule has 1 fully saturated rings. The highest BCUT2D eigenvalue weighted by atomic mass is 19.2. The standard InChI is InChI=1S/C14H16F3NO3/c1-21-10-3-2-9(12(16)13(10)17)11(15)8-4-6-18(7-5-8)14(19)20/h2-3,8,11H,4-7H2,1H3,(H,19,20). The minimum Gasteiger partial charge on any atom is -0.494 e. The lowest BCUT2D eigenvalue weighted by Gasteiger charge is -2.31. The number of carboxylic acid groups (broad SMARTS) is 1. The van der Waals surface area contributed by atoms with E-state index in [0.717, 1.165) is 0 Å². The van der Waals surface area contributed by atoms with E-state index < -0.39 is 29.8 Å².